The number of nitrogens with zero attached hydrogens (tertiary/aromatic N) is 1. The summed E-state index contributed by atoms with van der Waals surface area (Å²) in [6.45, 7) is 0. The first-order valence-electron chi connectivity index (χ1n) is 5.23. The number of nitrogens with two attached hydrogens (primary N) is 1. The Kier molecular flexibility index (Phi) is 3.19. The van der Waals surface area contributed by atoms with E-state index >= 15 is 0 Å². The van der Waals surface area contributed by atoms with Gasteiger partial charge in [0.05, 0.1) is 6.04 Å². The number of hydrazine groups is 1. The summed E-state index contributed by atoms with van der Waals surface area (Å²) in [4.78, 5) is 22.9. The van der Waals surface area contributed by atoms with Gasteiger partial charge in [0.1, 0.15) is 0 Å². The van der Waals surface area contributed by atoms with Gasteiger partial charge >= 0.3 is 6.03 Å². The lowest BCUT2D eigenvalue weighted by Gasteiger charge is -2.20. The molecule has 1 aromatic carbocycles. The van der Waals surface area contributed by atoms with Crippen molar-refractivity contribution in [2.75, 3.05) is 0 Å². The van der Waals surface area contributed by atoms with Crippen molar-refractivity contribution in [3.8, 4) is 0 Å². The maximum Gasteiger partial charge on any atom is 0.333 e. The van der Waals surface area contributed by atoms with Crippen LogP contribution in [0.15, 0.2) is 24.3 Å². The number of urea groups is 1. The van der Waals surface area contributed by atoms with Crippen molar-refractivity contribution < 1.29 is 9.59 Å². The fourth-order valence-electron chi connectivity index (χ4n) is 1.43. The third-order valence-corrected chi connectivity index (χ3v) is 2.73. The van der Waals surface area contributed by atoms with Crippen molar-refractivity contribution in [3.63, 3.8) is 0 Å². The number of nitrogens with one attached hydrogen (secondary N) is 1. The fraction of sp³-hybridized carbons (Fsp3) is 0.273. The van der Waals surface area contributed by atoms with Crippen molar-refractivity contribution in [3.05, 3.63) is 34.9 Å². The number of primary amides is 1. The SMILES string of the molecule is NC(=O)N(NC(=O)c1ccc(Cl)cc1)C1CC1. The van der Waals surface area contributed by atoms with E-state index in [-0.39, 0.29) is 11.9 Å². The number of rotatable bonds is 2. The summed E-state index contributed by atoms with van der Waals surface area (Å²) in [6, 6.07) is 5.79. The molecule has 1 saturated carbocycles. The second kappa shape index (κ2) is 4.63. The van der Waals surface area contributed by atoms with Crippen molar-refractivity contribution in [2.24, 2.45) is 5.73 Å². The molecule has 1 fully saturated rings. The summed E-state index contributed by atoms with van der Waals surface area (Å²) in [5.41, 5.74) is 8.10. The topological polar surface area (TPSA) is 75.4 Å². The van der Waals surface area contributed by atoms with Gasteiger partial charge in [-0.2, -0.15) is 0 Å². The molecule has 0 heterocycles. The molecule has 0 aromatic heterocycles. The first-order valence-corrected chi connectivity index (χ1v) is 5.61. The van der Waals surface area contributed by atoms with E-state index in [1.54, 1.807) is 24.3 Å². The quantitative estimate of drug-likeness (QED) is 0.785. The third-order valence-electron chi connectivity index (χ3n) is 2.48. The minimum Gasteiger partial charge on any atom is -0.350 e. The maximum absolute atomic E-state index is 11.8. The smallest absolute Gasteiger partial charge is 0.333 e. The molecule has 1 aliphatic carbocycles. The molecule has 3 amide bonds. The average Bonchev–Trinajstić information content (AvgIpc) is 3.10. The fourth-order valence-corrected chi connectivity index (χ4v) is 1.56. The van der Waals surface area contributed by atoms with E-state index in [9.17, 15) is 9.59 Å². The molecule has 0 spiro atoms. The van der Waals surface area contributed by atoms with E-state index in [2.05, 4.69) is 5.43 Å². The lowest BCUT2D eigenvalue weighted by atomic mass is 10.2. The van der Waals surface area contributed by atoms with Gasteiger partial charge in [-0.25, -0.2) is 9.80 Å². The molecule has 17 heavy (non-hydrogen) atoms. The number of halogens is 1. The predicted octanol–water partition coefficient (Wildman–Crippen LogP) is 1.53. The molecule has 1 aliphatic rings. The van der Waals surface area contributed by atoms with E-state index in [0.29, 0.717) is 10.6 Å². The molecule has 0 bridgehead atoms. The van der Waals surface area contributed by atoms with Crippen molar-refractivity contribution >= 4 is 23.5 Å². The molecule has 1 aromatic rings. The van der Waals surface area contributed by atoms with Gasteiger partial charge < -0.3 is 5.73 Å². The summed E-state index contributed by atoms with van der Waals surface area (Å²) >= 11 is 5.72. The first-order chi connectivity index (χ1) is 8.08. The third kappa shape index (κ3) is 2.88. The zero-order chi connectivity index (χ0) is 12.4. The number of carbonyl (C=O) groups is 2. The van der Waals surface area contributed by atoms with Crippen LogP contribution in [0.2, 0.25) is 5.02 Å². The molecule has 0 aliphatic heterocycles. The monoisotopic (exact) mass is 253 g/mol. The van der Waals surface area contributed by atoms with Gasteiger partial charge in [-0.15, -0.1) is 0 Å². The zero-order valence-corrected chi connectivity index (χ0v) is 9.78. The standard InChI is InChI=1S/C11H12ClN3O2/c12-8-3-1-7(2-4-8)10(16)14-15(11(13)17)9-5-6-9/h1-4,9H,5-6H2,(H2,13,17)(H,14,16). The highest BCUT2D eigenvalue weighted by atomic mass is 35.5. The summed E-state index contributed by atoms with van der Waals surface area (Å²) in [5, 5.41) is 1.73. The molecule has 6 heteroatoms. The van der Waals surface area contributed by atoms with Gasteiger partial charge in [-0.05, 0) is 37.1 Å². The number of benzene rings is 1. The maximum atomic E-state index is 11.8. The highest BCUT2D eigenvalue weighted by molar-refractivity contribution is 6.30. The Labute approximate surface area is 103 Å². The Morgan fingerprint density at radius 3 is 2.35 bits per heavy atom. The zero-order valence-electron chi connectivity index (χ0n) is 9.02. The van der Waals surface area contributed by atoms with Crippen LogP contribution >= 0.6 is 11.6 Å². The average molecular weight is 254 g/mol. The summed E-state index contributed by atoms with van der Waals surface area (Å²) in [5.74, 6) is -0.368. The van der Waals surface area contributed by atoms with Gasteiger partial charge in [0.15, 0.2) is 0 Å². The number of hydrogen-bond donors (Lipinski definition) is 2. The summed E-state index contributed by atoms with van der Waals surface area (Å²) in [6.07, 6.45) is 1.73. The molecule has 0 radical (unpaired) electrons. The molecule has 0 saturated heterocycles. The Morgan fingerprint density at radius 2 is 1.88 bits per heavy atom. The first kappa shape index (κ1) is 11.7. The van der Waals surface area contributed by atoms with Gasteiger partial charge in [-0.1, -0.05) is 11.6 Å². The van der Waals surface area contributed by atoms with Gasteiger partial charge in [-0.3, -0.25) is 10.2 Å². The molecule has 90 valence electrons. The molecular weight excluding hydrogens is 242 g/mol. The van der Waals surface area contributed by atoms with E-state index < -0.39 is 6.03 Å². The Morgan fingerprint density at radius 1 is 1.29 bits per heavy atom. The Balaban J connectivity index is 2.04. The van der Waals surface area contributed by atoms with E-state index in [4.69, 9.17) is 17.3 Å². The highest BCUT2D eigenvalue weighted by Gasteiger charge is 2.33. The molecule has 0 atom stereocenters. The number of hydrogen-bond acceptors (Lipinski definition) is 2. The summed E-state index contributed by atoms with van der Waals surface area (Å²) < 4.78 is 0. The van der Waals surface area contributed by atoms with Crippen LogP contribution in [0.5, 0.6) is 0 Å². The molecular formula is C11H12ClN3O2. The van der Waals surface area contributed by atoms with E-state index in [1.165, 1.54) is 5.01 Å². The molecule has 2 rings (SSSR count). The lowest BCUT2D eigenvalue weighted by molar-refractivity contribution is 0.0824. The Hall–Kier alpha value is -1.75. The van der Waals surface area contributed by atoms with Crippen LogP contribution in [0.4, 0.5) is 4.79 Å². The Bertz CT molecular complexity index is 443. The highest BCUT2D eigenvalue weighted by Crippen LogP contribution is 2.25. The largest absolute Gasteiger partial charge is 0.350 e. The van der Waals surface area contributed by atoms with E-state index in [0.717, 1.165) is 12.8 Å². The predicted molar refractivity (Wildman–Crippen MR) is 63.4 cm³/mol. The van der Waals surface area contributed by atoms with Crippen LogP contribution < -0.4 is 11.2 Å². The van der Waals surface area contributed by atoms with Crippen LogP contribution in [-0.2, 0) is 0 Å². The van der Waals surface area contributed by atoms with Gasteiger partial charge in [0.2, 0.25) is 0 Å². The van der Waals surface area contributed by atoms with Crippen LogP contribution in [0.1, 0.15) is 23.2 Å². The van der Waals surface area contributed by atoms with Crippen molar-refractivity contribution in [1.29, 1.82) is 0 Å². The molecule has 5 nitrogen and oxygen atoms in total. The van der Waals surface area contributed by atoms with Crippen molar-refractivity contribution in [1.82, 2.24) is 10.4 Å². The van der Waals surface area contributed by atoms with Crippen LogP contribution in [-0.4, -0.2) is 23.0 Å². The van der Waals surface area contributed by atoms with Gasteiger partial charge in [0.25, 0.3) is 5.91 Å². The molecule has 0 unspecified atom stereocenters. The number of carbonyl (C=O) groups excluding carboxylic acids is 2. The second-order valence-corrected chi connectivity index (χ2v) is 4.32. The number of amides is 3. The minimum absolute atomic E-state index is 0.0313. The van der Waals surface area contributed by atoms with Crippen LogP contribution in [0.25, 0.3) is 0 Å². The van der Waals surface area contributed by atoms with E-state index in [1.807, 2.05) is 0 Å². The lowest BCUT2D eigenvalue weighted by Crippen LogP contribution is -2.50. The van der Waals surface area contributed by atoms with Crippen LogP contribution in [0.3, 0.4) is 0 Å². The minimum atomic E-state index is -0.644. The summed E-state index contributed by atoms with van der Waals surface area (Å²) in [7, 11) is 0. The van der Waals surface area contributed by atoms with Crippen LogP contribution in [0, 0.1) is 0 Å². The molecule has 3 N–H and O–H groups in total. The second-order valence-electron chi connectivity index (χ2n) is 3.89. The van der Waals surface area contributed by atoms with Crippen molar-refractivity contribution in [2.45, 2.75) is 18.9 Å². The van der Waals surface area contributed by atoms with Gasteiger partial charge in [0, 0.05) is 10.6 Å². The normalized spacial score (nSPS) is 14.2.